The number of carbonyl (C=O) groups excluding carboxylic acids is 1. The lowest BCUT2D eigenvalue weighted by atomic mass is 9.67. The molecule has 0 bridgehead atoms. The average Bonchev–Trinajstić information content (AvgIpc) is 2.87. The summed E-state index contributed by atoms with van der Waals surface area (Å²) < 4.78 is 54.3. The number of benzene rings is 2. The Kier molecular flexibility index (Phi) is 7.94. The molecular formula is C30H36F4N2O2. The number of allylic oxidation sites excluding steroid dienone is 1. The van der Waals surface area contributed by atoms with Crippen molar-refractivity contribution in [2.75, 3.05) is 20.2 Å². The maximum absolute atomic E-state index is 14.0. The minimum atomic E-state index is -4.47. The van der Waals surface area contributed by atoms with Gasteiger partial charge < -0.3 is 14.9 Å². The van der Waals surface area contributed by atoms with Crippen LogP contribution in [0.4, 0.5) is 22.4 Å². The van der Waals surface area contributed by atoms with Crippen molar-refractivity contribution in [3.63, 3.8) is 0 Å². The van der Waals surface area contributed by atoms with Crippen LogP contribution in [0, 0.1) is 31.0 Å². The van der Waals surface area contributed by atoms with E-state index in [-0.39, 0.29) is 35.8 Å². The molecule has 8 heteroatoms. The molecule has 1 saturated heterocycles. The molecule has 2 amide bonds. The van der Waals surface area contributed by atoms with Gasteiger partial charge >= 0.3 is 12.2 Å². The van der Waals surface area contributed by atoms with Gasteiger partial charge in [-0.2, -0.15) is 13.2 Å². The highest BCUT2D eigenvalue weighted by atomic mass is 19.4. The Bertz CT molecular complexity index is 1210. The molecular weight excluding hydrogens is 496 g/mol. The van der Waals surface area contributed by atoms with Gasteiger partial charge in [0.2, 0.25) is 0 Å². The Morgan fingerprint density at radius 1 is 1.18 bits per heavy atom. The number of nitrogens with zero attached hydrogens (tertiary/aromatic N) is 2. The zero-order valence-electron chi connectivity index (χ0n) is 22.4. The van der Waals surface area contributed by atoms with E-state index in [2.05, 4.69) is 12.2 Å². The molecule has 4 nitrogen and oxygen atoms in total. The molecule has 1 heterocycles. The summed E-state index contributed by atoms with van der Waals surface area (Å²) in [7, 11) is 1.62. The van der Waals surface area contributed by atoms with Crippen molar-refractivity contribution in [3.05, 3.63) is 82.2 Å². The number of piperidine rings is 1. The smallest absolute Gasteiger partial charge is 0.396 e. The Morgan fingerprint density at radius 3 is 2.53 bits per heavy atom. The minimum Gasteiger partial charge on any atom is -0.396 e. The molecule has 2 aromatic carbocycles. The highest BCUT2D eigenvalue weighted by Crippen LogP contribution is 2.49. The summed E-state index contributed by atoms with van der Waals surface area (Å²) in [4.78, 5) is 17.2. The van der Waals surface area contributed by atoms with Gasteiger partial charge in [-0.1, -0.05) is 29.8 Å². The summed E-state index contributed by atoms with van der Waals surface area (Å²) in [5.41, 5.74) is 1.66. The molecule has 2 aromatic rings. The number of rotatable bonds is 4. The first-order valence-corrected chi connectivity index (χ1v) is 13.1. The number of aliphatic hydroxyl groups is 1. The van der Waals surface area contributed by atoms with Gasteiger partial charge in [0.1, 0.15) is 5.82 Å². The molecule has 4 atom stereocenters. The lowest BCUT2D eigenvalue weighted by molar-refractivity contribution is -0.137. The van der Waals surface area contributed by atoms with Gasteiger partial charge in [0.05, 0.1) is 17.6 Å². The largest absolute Gasteiger partial charge is 0.416 e. The van der Waals surface area contributed by atoms with Crippen molar-refractivity contribution >= 4 is 6.03 Å². The van der Waals surface area contributed by atoms with E-state index in [0.717, 1.165) is 42.5 Å². The molecule has 1 N–H and O–H groups in total. The summed E-state index contributed by atoms with van der Waals surface area (Å²) in [6.07, 6.45) is 2.94. The van der Waals surface area contributed by atoms with E-state index in [1.807, 2.05) is 6.92 Å². The second-order valence-electron chi connectivity index (χ2n) is 11.1. The van der Waals surface area contributed by atoms with E-state index in [1.54, 1.807) is 37.9 Å². The third kappa shape index (κ3) is 5.75. The molecule has 1 aliphatic heterocycles. The van der Waals surface area contributed by atoms with Gasteiger partial charge in [0, 0.05) is 20.2 Å². The average molecular weight is 533 g/mol. The Balaban J connectivity index is 1.65. The van der Waals surface area contributed by atoms with Gasteiger partial charge in [0.15, 0.2) is 0 Å². The van der Waals surface area contributed by atoms with Crippen molar-refractivity contribution in [2.45, 2.75) is 64.7 Å². The highest BCUT2D eigenvalue weighted by Gasteiger charge is 2.43. The zero-order valence-corrected chi connectivity index (χ0v) is 22.4. The first-order valence-electron chi connectivity index (χ1n) is 13.1. The summed E-state index contributed by atoms with van der Waals surface area (Å²) in [5, 5.41) is 9.56. The summed E-state index contributed by atoms with van der Waals surface area (Å²) in [6, 6.07) is 7.33. The molecule has 1 aliphatic carbocycles. The lowest BCUT2D eigenvalue weighted by Crippen LogP contribution is -2.50. The van der Waals surface area contributed by atoms with Crippen LogP contribution in [-0.4, -0.2) is 41.1 Å². The van der Waals surface area contributed by atoms with Crippen LogP contribution in [0.25, 0.3) is 0 Å². The normalized spacial score (nSPS) is 24.5. The van der Waals surface area contributed by atoms with Crippen LogP contribution in [0.1, 0.15) is 72.5 Å². The SMILES string of the molecule is Cc1cc(C(C)N(C)C(=O)N2CCC3(C=C[C@@H](CO)CC3)C[C@@H]2c2ccc(F)cc2C)cc(C(F)(F)F)c1. The Hall–Kier alpha value is -2.87. The second-order valence-corrected chi connectivity index (χ2v) is 11.1. The van der Waals surface area contributed by atoms with Crippen LogP contribution in [0.15, 0.2) is 48.6 Å². The third-order valence-electron chi connectivity index (χ3n) is 8.42. The molecule has 1 fully saturated rings. The van der Waals surface area contributed by atoms with Crippen molar-refractivity contribution in [2.24, 2.45) is 11.3 Å². The molecule has 2 aliphatic rings. The van der Waals surface area contributed by atoms with E-state index in [9.17, 15) is 27.5 Å². The number of halogens is 4. The first-order chi connectivity index (χ1) is 17.8. The third-order valence-corrected chi connectivity index (χ3v) is 8.42. The molecule has 206 valence electrons. The quantitative estimate of drug-likeness (QED) is 0.330. The number of likely N-dealkylation sites (tertiary alicyclic amines) is 1. The Morgan fingerprint density at radius 2 is 1.92 bits per heavy atom. The summed E-state index contributed by atoms with van der Waals surface area (Å²) >= 11 is 0. The second kappa shape index (κ2) is 10.7. The molecule has 0 aromatic heterocycles. The first kappa shape index (κ1) is 28.1. The fraction of sp³-hybridized carbons (Fsp3) is 0.500. The van der Waals surface area contributed by atoms with Crippen LogP contribution in [0.5, 0.6) is 0 Å². The number of hydrogen-bond donors (Lipinski definition) is 1. The van der Waals surface area contributed by atoms with Gasteiger partial charge in [-0.3, -0.25) is 0 Å². The van der Waals surface area contributed by atoms with Crippen molar-refractivity contribution in [1.29, 1.82) is 0 Å². The number of aryl methyl sites for hydroxylation is 2. The minimum absolute atomic E-state index is 0.107. The number of aliphatic hydroxyl groups excluding tert-OH is 1. The van der Waals surface area contributed by atoms with Crippen LogP contribution >= 0.6 is 0 Å². The number of alkyl halides is 3. The van der Waals surface area contributed by atoms with Crippen LogP contribution in [-0.2, 0) is 6.18 Å². The maximum atomic E-state index is 14.0. The topological polar surface area (TPSA) is 43.8 Å². The predicted molar refractivity (Wildman–Crippen MR) is 139 cm³/mol. The monoisotopic (exact) mass is 532 g/mol. The Labute approximate surface area is 221 Å². The molecule has 2 unspecified atom stereocenters. The van der Waals surface area contributed by atoms with Gasteiger partial charge in [-0.25, -0.2) is 9.18 Å². The van der Waals surface area contributed by atoms with Gasteiger partial charge in [-0.05, 0) is 98.7 Å². The van der Waals surface area contributed by atoms with E-state index < -0.39 is 17.8 Å². The van der Waals surface area contributed by atoms with E-state index in [1.165, 1.54) is 17.0 Å². The molecule has 0 radical (unpaired) electrons. The van der Waals surface area contributed by atoms with Gasteiger partial charge in [-0.15, -0.1) is 0 Å². The molecule has 38 heavy (non-hydrogen) atoms. The maximum Gasteiger partial charge on any atom is 0.416 e. The van der Waals surface area contributed by atoms with Crippen LogP contribution in [0.3, 0.4) is 0 Å². The fourth-order valence-corrected chi connectivity index (χ4v) is 5.95. The zero-order chi connectivity index (χ0) is 27.8. The van der Waals surface area contributed by atoms with Crippen LogP contribution in [0.2, 0.25) is 0 Å². The predicted octanol–water partition coefficient (Wildman–Crippen LogP) is 7.36. The highest BCUT2D eigenvalue weighted by molar-refractivity contribution is 5.75. The molecule has 0 saturated carbocycles. The van der Waals surface area contributed by atoms with E-state index >= 15 is 0 Å². The van der Waals surface area contributed by atoms with Crippen molar-refractivity contribution in [3.8, 4) is 0 Å². The molecule has 1 spiro atoms. The summed E-state index contributed by atoms with van der Waals surface area (Å²) in [6.45, 7) is 5.75. The van der Waals surface area contributed by atoms with Gasteiger partial charge in [0.25, 0.3) is 0 Å². The lowest BCUT2D eigenvalue weighted by Gasteiger charge is -2.49. The summed E-state index contributed by atoms with van der Waals surface area (Å²) in [5.74, 6) is -0.210. The number of amides is 2. The van der Waals surface area contributed by atoms with E-state index in [0.29, 0.717) is 24.1 Å². The number of hydrogen-bond acceptors (Lipinski definition) is 2. The fourth-order valence-electron chi connectivity index (χ4n) is 5.95. The number of carbonyl (C=O) groups is 1. The van der Waals surface area contributed by atoms with E-state index in [4.69, 9.17) is 0 Å². The van der Waals surface area contributed by atoms with Crippen molar-refractivity contribution < 1.29 is 27.5 Å². The standard InChI is InChI=1S/C30H36F4N2O2/c1-19-13-23(16-24(14-19)30(32,33)34)21(3)35(4)28(38)36-12-11-29(9-7-22(18-37)8-10-29)17-27(36)26-6-5-25(31)15-20(26)2/h5-7,9,13-16,21-22,27,37H,8,10-12,17-18H2,1-4H3/t21?,22-,27-,29?/m1/s1. The number of urea groups is 1. The van der Waals surface area contributed by atoms with Crippen LogP contribution < -0.4 is 0 Å². The molecule has 4 rings (SSSR count). The van der Waals surface area contributed by atoms with Crippen molar-refractivity contribution in [1.82, 2.24) is 9.80 Å².